The van der Waals surface area contributed by atoms with Crippen molar-refractivity contribution in [3.05, 3.63) is 11.3 Å². The number of nitrogens with one attached hydrogen (secondary N) is 1. The van der Waals surface area contributed by atoms with Crippen LogP contribution in [-0.2, 0) is 14.3 Å². The van der Waals surface area contributed by atoms with Crippen LogP contribution in [0.25, 0.3) is 0 Å². The average Bonchev–Trinajstić information content (AvgIpc) is 2.76. The molecule has 0 spiro atoms. The lowest BCUT2D eigenvalue weighted by molar-refractivity contribution is -0.164. The van der Waals surface area contributed by atoms with Gasteiger partial charge < -0.3 is 9.47 Å². The Bertz CT molecular complexity index is 546. The lowest BCUT2D eigenvalue weighted by atomic mass is 10.1. The van der Waals surface area contributed by atoms with Gasteiger partial charge in [-0.25, -0.2) is 4.79 Å². The molecule has 0 saturated carbocycles. The number of methoxy groups -OCH3 is 1. The molecule has 1 atom stereocenters. The SMILES string of the molecule is COC(=O)/C(C#N)=C(\C#N)O[C@@]12CCCCCN1CCCN2. The molecule has 22 heavy (non-hydrogen) atoms. The number of nitriles is 2. The lowest BCUT2D eigenvalue weighted by Gasteiger charge is -2.46. The molecule has 0 unspecified atom stereocenters. The molecule has 2 rings (SSSR count). The Morgan fingerprint density at radius 3 is 2.64 bits per heavy atom. The van der Waals surface area contributed by atoms with Gasteiger partial charge in [0.15, 0.2) is 5.57 Å². The molecule has 0 radical (unpaired) electrons. The predicted molar refractivity (Wildman–Crippen MR) is 76.7 cm³/mol. The molecule has 0 aromatic heterocycles. The van der Waals surface area contributed by atoms with E-state index in [1.54, 1.807) is 6.07 Å². The van der Waals surface area contributed by atoms with Crippen LogP contribution in [0.1, 0.15) is 32.1 Å². The Balaban J connectivity index is 2.34. The summed E-state index contributed by atoms with van der Waals surface area (Å²) >= 11 is 0. The Kier molecular flexibility index (Phi) is 5.37. The van der Waals surface area contributed by atoms with E-state index in [9.17, 15) is 10.1 Å². The molecule has 2 heterocycles. The third-order valence-corrected chi connectivity index (χ3v) is 4.06. The molecule has 2 saturated heterocycles. The second-order valence-electron chi connectivity index (χ2n) is 5.38. The van der Waals surface area contributed by atoms with Gasteiger partial charge in [0.2, 0.25) is 11.6 Å². The number of carbonyl (C=O) groups excluding carboxylic acids is 1. The molecule has 2 aliphatic heterocycles. The maximum atomic E-state index is 11.6. The Morgan fingerprint density at radius 1 is 1.18 bits per heavy atom. The van der Waals surface area contributed by atoms with Crippen LogP contribution in [0.15, 0.2) is 11.3 Å². The number of hydrogen-bond acceptors (Lipinski definition) is 7. The zero-order valence-electron chi connectivity index (χ0n) is 12.7. The fourth-order valence-corrected chi connectivity index (χ4v) is 2.97. The zero-order chi connectivity index (χ0) is 16.0. The van der Waals surface area contributed by atoms with Gasteiger partial charge in [0.05, 0.1) is 7.11 Å². The lowest BCUT2D eigenvalue weighted by Crippen LogP contribution is -2.64. The summed E-state index contributed by atoms with van der Waals surface area (Å²) in [6.45, 7) is 2.51. The zero-order valence-corrected chi connectivity index (χ0v) is 12.7. The summed E-state index contributed by atoms with van der Waals surface area (Å²) in [6, 6.07) is 3.54. The van der Waals surface area contributed by atoms with E-state index < -0.39 is 17.4 Å². The third-order valence-electron chi connectivity index (χ3n) is 4.06. The first-order valence-corrected chi connectivity index (χ1v) is 7.49. The van der Waals surface area contributed by atoms with Crippen molar-refractivity contribution in [3.63, 3.8) is 0 Å². The highest BCUT2D eigenvalue weighted by Crippen LogP contribution is 2.31. The normalized spacial score (nSPS) is 26.5. The summed E-state index contributed by atoms with van der Waals surface area (Å²) in [5.74, 6) is -1.95. The molecule has 2 fully saturated rings. The van der Waals surface area contributed by atoms with Crippen LogP contribution in [-0.4, -0.2) is 43.5 Å². The van der Waals surface area contributed by atoms with Crippen molar-refractivity contribution >= 4 is 5.97 Å². The summed E-state index contributed by atoms with van der Waals surface area (Å²) < 4.78 is 10.4. The summed E-state index contributed by atoms with van der Waals surface area (Å²) in [7, 11) is 1.17. The van der Waals surface area contributed by atoms with Gasteiger partial charge in [0.25, 0.3) is 0 Å². The maximum Gasteiger partial charge on any atom is 0.353 e. The van der Waals surface area contributed by atoms with Crippen LogP contribution in [0.4, 0.5) is 0 Å². The number of hydrogen-bond donors (Lipinski definition) is 1. The minimum absolute atomic E-state index is 0.282. The molecule has 0 aromatic rings. The molecule has 1 N–H and O–H groups in total. The van der Waals surface area contributed by atoms with E-state index in [0.29, 0.717) is 6.42 Å². The van der Waals surface area contributed by atoms with Crippen LogP contribution in [0.2, 0.25) is 0 Å². The topological polar surface area (TPSA) is 98.4 Å². The molecule has 2 aliphatic rings. The molecule has 0 bridgehead atoms. The van der Waals surface area contributed by atoms with Crippen molar-refractivity contribution in [3.8, 4) is 12.1 Å². The van der Waals surface area contributed by atoms with Gasteiger partial charge in [-0.2, -0.15) is 10.5 Å². The largest absolute Gasteiger partial charge is 0.465 e. The quantitative estimate of drug-likeness (QED) is 0.359. The van der Waals surface area contributed by atoms with Crippen LogP contribution in [0, 0.1) is 22.7 Å². The number of ether oxygens (including phenoxy) is 2. The Morgan fingerprint density at radius 2 is 1.95 bits per heavy atom. The molecular formula is C15H20N4O3. The summed E-state index contributed by atoms with van der Waals surface area (Å²) in [6.07, 6.45) is 4.83. The highest BCUT2D eigenvalue weighted by molar-refractivity contribution is 5.93. The standard InChI is InChI=1S/C15H20N4O3/c1-21-14(20)12(10-16)13(11-17)22-15-6-3-2-4-8-19(15)9-5-7-18-15/h18H,2-9H2,1H3/b13-12+/t15-/m1/s1. The van der Waals surface area contributed by atoms with Crippen LogP contribution in [0.5, 0.6) is 0 Å². The monoisotopic (exact) mass is 304 g/mol. The highest BCUT2D eigenvalue weighted by Gasteiger charge is 2.43. The van der Waals surface area contributed by atoms with E-state index in [2.05, 4.69) is 15.0 Å². The van der Waals surface area contributed by atoms with Gasteiger partial charge in [-0.1, -0.05) is 6.42 Å². The first-order chi connectivity index (χ1) is 10.7. The molecule has 0 aliphatic carbocycles. The second kappa shape index (κ2) is 7.26. The maximum absolute atomic E-state index is 11.6. The second-order valence-corrected chi connectivity index (χ2v) is 5.38. The first-order valence-electron chi connectivity index (χ1n) is 7.49. The number of esters is 1. The van der Waals surface area contributed by atoms with Crippen LogP contribution in [0.3, 0.4) is 0 Å². The molecule has 118 valence electrons. The molecule has 0 aromatic carbocycles. The van der Waals surface area contributed by atoms with E-state index in [4.69, 9.17) is 10.00 Å². The minimum Gasteiger partial charge on any atom is -0.465 e. The average molecular weight is 304 g/mol. The summed E-state index contributed by atoms with van der Waals surface area (Å²) in [5.41, 5.74) is -0.393. The number of nitrogens with zero attached hydrogens (tertiary/aromatic N) is 3. The van der Waals surface area contributed by atoms with Crippen molar-refractivity contribution in [2.75, 3.05) is 26.7 Å². The molecule has 7 heteroatoms. The number of carbonyl (C=O) groups is 1. The number of allylic oxidation sites excluding steroid dienone is 1. The summed E-state index contributed by atoms with van der Waals surface area (Å²) in [4.78, 5) is 13.8. The van der Waals surface area contributed by atoms with E-state index in [1.165, 1.54) is 7.11 Å². The molecular weight excluding hydrogens is 284 g/mol. The van der Waals surface area contributed by atoms with E-state index in [-0.39, 0.29) is 5.76 Å². The predicted octanol–water partition coefficient (Wildman–Crippen LogP) is 1.00. The molecule has 7 nitrogen and oxygen atoms in total. The van der Waals surface area contributed by atoms with Gasteiger partial charge in [0, 0.05) is 26.1 Å². The number of fused-ring (bicyclic) bond motifs is 1. The first kappa shape index (κ1) is 16.3. The van der Waals surface area contributed by atoms with Gasteiger partial charge in [0.1, 0.15) is 12.1 Å². The van der Waals surface area contributed by atoms with Gasteiger partial charge in [-0.3, -0.25) is 10.2 Å². The van der Waals surface area contributed by atoms with Gasteiger partial charge in [-0.15, -0.1) is 0 Å². The van der Waals surface area contributed by atoms with E-state index >= 15 is 0 Å². The van der Waals surface area contributed by atoms with Crippen molar-refractivity contribution in [1.82, 2.24) is 10.2 Å². The van der Waals surface area contributed by atoms with Crippen molar-refractivity contribution < 1.29 is 14.3 Å². The van der Waals surface area contributed by atoms with Crippen molar-refractivity contribution in [1.29, 1.82) is 10.5 Å². The van der Waals surface area contributed by atoms with E-state index in [1.807, 2.05) is 6.07 Å². The fourth-order valence-electron chi connectivity index (χ4n) is 2.97. The van der Waals surface area contributed by atoms with E-state index in [0.717, 1.165) is 45.3 Å². The third kappa shape index (κ3) is 3.22. The number of rotatable bonds is 3. The van der Waals surface area contributed by atoms with Crippen LogP contribution >= 0.6 is 0 Å². The molecule has 0 amide bonds. The fraction of sp³-hybridized carbons (Fsp3) is 0.667. The Hall–Kier alpha value is -2.09. The van der Waals surface area contributed by atoms with Gasteiger partial charge >= 0.3 is 5.97 Å². The summed E-state index contributed by atoms with van der Waals surface area (Å²) in [5, 5.41) is 21.8. The van der Waals surface area contributed by atoms with Gasteiger partial charge in [-0.05, 0) is 19.3 Å². The smallest absolute Gasteiger partial charge is 0.353 e. The highest BCUT2D eigenvalue weighted by atomic mass is 16.5. The van der Waals surface area contributed by atoms with Crippen LogP contribution < -0.4 is 5.32 Å². The van der Waals surface area contributed by atoms with Crippen molar-refractivity contribution in [2.24, 2.45) is 0 Å². The minimum atomic E-state index is -0.855. The Labute approximate surface area is 130 Å². The van der Waals surface area contributed by atoms with Crippen molar-refractivity contribution in [2.45, 2.75) is 38.0 Å².